The molecule has 0 bridgehead atoms. The van der Waals surface area contributed by atoms with Crippen LogP contribution >= 0.6 is 15.9 Å². The molecule has 0 aliphatic rings. The summed E-state index contributed by atoms with van der Waals surface area (Å²) in [5.74, 6) is 0.355. The zero-order valence-electron chi connectivity index (χ0n) is 12.6. The maximum absolute atomic E-state index is 10.0. The van der Waals surface area contributed by atoms with Crippen LogP contribution in [-0.2, 0) is 6.42 Å². The number of nitrogens with one attached hydrogen (secondary N) is 1. The van der Waals surface area contributed by atoms with Crippen LogP contribution in [0.3, 0.4) is 0 Å². The SMILES string of the molecule is CCC(NCCc1ccccc1C)c1cc(Br)ccc1O. The molecule has 2 N–H and O–H groups in total. The number of phenols is 1. The average molecular weight is 348 g/mol. The summed E-state index contributed by atoms with van der Waals surface area (Å²) in [6.07, 6.45) is 1.94. The van der Waals surface area contributed by atoms with Gasteiger partial charge in [0.2, 0.25) is 0 Å². The van der Waals surface area contributed by atoms with Gasteiger partial charge in [-0.1, -0.05) is 47.1 Å². The first-order valence-corrected chi connectivity index (χ1v) is 8.17. The highest BCUT2D eigenvalue weighted by molar-refractivity contribution is 9.10. The van der Waals surface area contributed by atoms with Crippen molar-refractivity contribution < 1.29 is 5.11 Å². The lowest BCUT2D eigenvalue weighted by atomic mass is 10.0. The van der Waals surface area contributed by atoms with Gasteiger partial charge in [-0.2, -0.15) is 0 Å². The van der Waals surface area contributed by atoms with Gasteiger partial charge in [0.15, 0.2) is 0 Å². The normalized spacial score (nSPS) is 12.3. The van der Waals surface area contributed by atoms with Crippen LogP contribution in [0.5, 0.6) is 5.75 Å². The van der Waals surface area contributed by atoms with Crippen LogP contribution < -0.4 is 5.32 Å². The molecule has 3 heteroatoms. The highest BCUT2D eigenvalue weighted by atomic mass is 79.9. The molecule has 2 rings (SSSR count). The largest absolute Gasteiger partial charge is 0.508 e. The van der Waals surface area contributed by atoms with Crippen molar-refractivity contribution in [1.82, 2.24) is 5.32 Å². The third-order valence-corrected chi connectivity index (χ3v) is 4.31. The Hall–Kier alpha value is -1.32. The second-order valence-electron chi connectivity index (χ2n) is 5.29. The Morgan fingerprint density at radius 1 is 1.19 bits per heavy atom. The van der Waals surface area contributed by atoms with Crippen molar-refractivity contribution in [3.8, 4) is 5.75 Å². The highest BCUT2D eigenvalue weighted by Gasteiger charge is 2.13. The Labute approximate surface area is 135 Å². The van der Waals surface area contributed by atoms with E-state index in [-0.39, 0.29) is 6.04 Å². The van der Waals surface area contributed by atoms with Gasteiger partial charge in [0.1, 0.15) is 5.75 Å². The van der Waals surface area contributed by atoms with Crippen molar-refractivity contribution in [2.45, 2.75) is 32.7 Å². The summed E-state index contributed by atoms with van der Waals surface area (Å²) >= 11 is 3.47. The Kier molecular flexibility index (Phi) is 5.83. The van der Waals surface area contributed by atoms with E-state index in [1.807, 2.05) is 12.1 Å². The second kappa shape index (κ2) is 7.62. The minimum absolute atomic E-state index is 0.173. The van der Waals surface area contributed by atoms with Gasteiger partial charge < -0.3 is 10.4 Å². The summed E-state index contributed by atoms with van der Waals surface area (Å²) in [5.41, 5.74) is 3.66. The van der Waals surface area contributed by atoms with Gasteiger partial charge in [0.05, 0.1) is 0 Å². The fourth-order valence-corrected chi connectivity index (χ4v) is 2.93. The van der Waals surface area contributed by atoms with E-state index in [0.717, 1.165) is 29.4 Å². The summed E-state index contributed by atoms with van der Waals surface area (Å²) in [6.45, 7) is 5.17. The molecule has 0 aromatic heterocycles. The molecule has 2 aromatic rings. The number of aromatic hydroxyl groups is 1. The monoisotopic (exact) mass is 347 g/mol. The number of hydrogen-bond acceptors (Lipinski definition) is 2. The smallest absolute Gasteiger partial charge is 0.120 e. The van der Waals surface area contributed by atoms with Crippen LogP contribution in [-0.4, -0.2) is 11.7 Å². The van der Waals surface area contributed by atoms with Crippen LogP contribution in [0.25, 0.3) is 0 Å². The van der Waals surface area contributed by atoms with E-state index >= 15 is 0 Å². The van der Waals surface area contributed by atoms with Crippen molar-refractivity contribution in [2.75, 3.05) is 6.54 Å². The van der Waals surface area contributed by atoms with E-state index in [9.17, 15) is 5.11 Å². The second-order valence-corrected chi connectivity index (χ2v) is 6.21. The molecule has 2 nitrogen and oxygen atoms in total. The Bertz CT molecular complexity index is 598. The Morgan fingerprint density at radius 3 is 2.67 bits per heavy atom. The van der Waals surface area contributed by atoms with Gasteiger partial charge in [-0.25, -0.2) is 0 Å². The fraction of sp³-hybridized carbons (Fsp3) is 0.333. The third kappa shape index (κ3) is 4.32. The number of rotatable bonds is 6. The molecular formula is C18H22BrNO. The molecule has 21 heavy (non-hydrogen) atoms. The van der Waals surface area contributed by atoms with Gasteiger partial charge in [-0.3, -0.25) is 0 Å². The molecule has 2 aromatic carbocycles. The van der Waals surface area contributed by atoms with E-state index in [1.54, 1.807) is 6.07 Å². The van der Waals surface area contributed by atoms with E-state index < -0.39 is 0 Å². The molecule has 1 unspecified atom stereocenters. The topological polar surface area (TPSA) is 32.3 Å². The standard InChI is InChI=1S/C18H22BrNO/c1-3-17(16-12-15(19)8-9-18(16)21)20-11-10-14-7-5-4-6-13(14)2/h4-9,12,17,20-21H,3,10-11H2,1-2H3. The molecule has 0 spiro atoms. The lowest BCUT2D eigenvalue weighted by molar-refractivity contribution is 0.442. The number of hydrogen-bond donors (Lipinski definition) is 2. The summed E-state index contributed by atoms with van der Waals surface area (Å²) in [6, 6.07) is 14.2. The summed E-state index contributed by atoms with van der Waals surface area (Å²) in [5, 5.41) is 13.6. The van der Waals surface area contributed by atoms with E-state index in [0.29, 0.717) is 5.75 Å². The molecule has 0 amide bonds. The molecular weight excluding hydrogens is 326 g/mol. The molecule has 0 heterocycles. The molecule has 0 aliphatic heterocycles. The summed E-state index contributed by atoms with van der Waals surface area (Å²) < 4.78 is 0.995. The molecule has 112 valence electrons. The minimum atomic E-state index is 0.173. The third-order valence-electron chi connectivity index (χ3n) is 3.82. The first-order chi connectivity index (χ1) is 10.1. The quantitative estimate of drug-likeness (QED) is 0.790. The van der Waals surface area contributed by atoms with Crippen molar-refractivity contribution >= 4 is 15.9 Å². The van der Waals surface area contributed by atoms with Gasteiger partial charge in [-0.05, 0) is 55.6 Å². The number of phenolic OH excluding ortho intramolecular Hbond substituents is 1. The highest BCUT2D eigenvalue weighted by Crippen LogP contribution is 2.29. The van der Waals surface area contributed by atoms with Gasteiger partial charge in [0, 0.05) is 16.1 Å². The predicted molar refractivity (Wildman–Crippen MR) is 91.7 cm³/mol. The summed E-state index contributed by atoms with van der Waals surface area (Å²) in [7, 11) is 0. The predicted octanol–water partition coefficient (Wildman–Crippen LogP) is 4.75. The maximum atomic E-state index is 10.0. The van der Waals surface area contributed by atoms with Crippen molar-refractivity contribution in [2.24, 2.45) is 0 Å². The van der Waals surface area contributed by atoms with Crippen LogP contribution in [0.1, 0.15) is 36.1 Å². The number of aryl methyl sites for hydroxylation is 1. The maximum Gasteiger partial charge on any atom is 0.120 e. The van der Waals surface area contributed by atoms with E-state index in [4.69, 9.17) is 0 Å². The zero-order valence-corrected chi connectivity index (χ0v) is 14.2. The van der Waals surface area contributed by atoms with Crippen LogP contribution in [0, 0.1) is 6.92 Å². The van der Waals surface area contributed by atoms with E-state index in [1.165, 1.54) is 11.1 Å². The molecule has 0 saturated carbocycles. The Balaban J connectivity index is 2.00. The van der Waals surface area contributed by atoms with Crippen molar-refractivity contribution in [1.29, 1.82) is 0 Å². The number of halogens is 1. The van der Waals surface area contributed by atoms with Crippen molar-refractivity contribution in [3.63, 3.8) is 0 Å². The lowest BCUT2D eigenvalue weighted by Gasteiger charge is -2.19. The lowest BCUT2D eigenvalue weighted by Crippen LogP contribution is -2.23. The Morgan fingerprint density at radius 2 is 1.95 bits per heavy atom. The molecule has 1 atom stereocenters. The minimum Gasteiger partial charge on any atom is -0.508 e. The molecule has 0 radical (unpaired) electrons. The molecule has 0 aliphatic carbocycles. The average Bonchev–Trinajstić information content (AvgIpc) is 2.48. The zero-order chi connectivity index (χ0) is 15.2. The van der Waals surface area contributed by atoms with Gasteiger partial charge in [-0.15, -0.1) is 0 Å². The van der Waals surface area contributed by atoms with Crippen LogP contribution in [0.4, 0.5) is 0 Å². The molecule has 0 fully saturated rings. The number of benzene rings is 2. The molecule has 0 saturated heterocycles. The summed E-state index contributed by atoms with van der Waals surface area (Å²) in [4.78, 5) is 0. The van der Waals surface area contributed by atoms with Crippen LogP contribution in [0.15, 0.2) is 46.9 Å². The van der Waals surface area contributed by atoms with E-state index in [2.05, 4.69) is 59.4 Å². The first-order valence-electron chi connectivity index (χ1n) is 7.38. The van der Waals surface area contributed by atoms with Gasteiger partial charge >= 0.3 is 0 Å². The van der Waals surface area contributed by atoms with Gasteiger partial charge in [0.25, 0.3) is 0 Å². The van der Waals surface area contributed by atoms with Crippen LogP contribution in [0.2, 0.25) is 0 Å². The first kappa shape index (κ1) is 16.1. The fourth-order valence-electron chi connectivity index (χ4n) is 2.55. The van der Waals surface area contributed by atoms with Crippen molar-refractivity contribution in [3.05, 3.63) is 63.6 Å².